The Morgan fingerprint density at radius 3 is 2.67 bits per heavy atom. The van der Waals surface area contributed by atoms with Crippen molar-refractivity contribution in [3.63, 3.8) is 0 Å². The minimum absolute atomic E-state index is 0.500. The first-order valence-electron chi connectivity index (χ1n) is 1.57. The van der Waals surface area contributed by atoms with Gasteiger partial charge in [-0.15, -0.1) is 0 Å². The zero-order valence-electron chi connectivity index (χ0n) is 3.03. The highest BCUT2D eigenvalue weighted by atomic mass is 16.3. The average molecular weight is 83.1 g/mol. The van der Waals surface area contributed by atoms with Crippen LogP contribution in [0.15, 0.2) is 17.4 Å². The monoisotopic (exact) mass is 83.0 g/mol. The Balaban J connectivity index is 2.86. The van der Waals surface area contributed by atoms with Crippen molar-refractivity contribution in [2.24, 2.45) is 5.10 Å². The molecule has 1 heterocycles. The fourth-order valence-electron chi connectivity index (χ4n) is 0.255. The van der Waals surface area contributed by atoms with Crippen LogP contribution in [0.5, 0.6) is 0 Å². The number of hydrazone groups is 1. The Labute approximate surface area is 34.5 Å². The van der Waals surface area contributed by atoms with Gasteiger partial charge in [0.15, 0.2) is 4.87 Å². The lowest BCUT2D eigenvalue weighted by Crippen LogP contribution is -1.76. The van der Waals surface area contributed by atoms with Crippen molar-refractivity contribution in [1.29, 1.82) is 0 Å². The number of hydrogen-bond acceptors (Lipinski definition) is 1. The van der Waals surface area contributed by atoms with Crippen LogP contribution in [0.1, 0.15) is 0 Å². The number of allylic oxidation sites excluding steroid dienone is 1. The molecule has 0 aromatic rings. The number of rotatable bonds is 0. The van der Waals surface area contributed by atoms with Gasteiger partial charge in [0.05, 0.1) is 4.91 Å². The topological polar surface area (TPSA) is 32.4 Å². The molecular weight excluding hydrogens is 80.0 g/mol. The van der Waals surface area contributed by atoms with Gasteiger partial charge in [-0.05, 0) is 0 Å². The largest absolute Gasteiger partial charge is 0.261 e. The van der Waals surface area contributed by atoms with Crippen LogP contribution in [-0.2, 0) is 0 Å². The minimum atomic E-state index is 0.500. The molecule has 0 N–H and O–H groups in total. The molecule has 0 atom stereocenters. The van der Waals surface area contributed by atoms with Gasteiger partial charge in [0.25, 0.3) is 6.20 Å². The molecule has 6 heavy (non-hydrogen) atoms. The standard InChI is InChI=1S/C3H3N2O/c6-5-3-1-2-4-5/h1-3H/q+1. The normalized spacial score (nSPS) is 17.0. The molecular formula is C3H3N2O+. The lowest BCUT2D eigenvalue weighted by Gasteiger charge is -1.51. The molecule has 30 valence electrons. The molecule has 0 fully saturated rings. The molecule has 1 rings (SSSR count). The highest BCUT2D eigenvalue weighted by molar-refractivity contribution is 5.70. The van der Waals surface area contributed by atoms with Crippen LogP contribution in [0.2, 0.25) is 0 Å². The highest BCUT2D eigenvalue weighted by Gasteiger charge is 1.99. The average Bonchev–Trinajstić information content (AvgIpc) is 1.86. The molecule has 3 nitrogen and oxygen atoms in total. The SMILES string of the molecule is O=[N+]1C=CC=N1. The smallest absolute Gasteiger partial charge is 0.0348 e. The first kappa shape index (κ1) is 3.21. The van der Waals surface area contributed by atoms with Crippen LogP contribution in [-0.4, -0.2) is 11.1 Å². The van der Waals surface area contributed by atoms with E-state index >= 15 is 0 Å². The van der Waals surface area contributed by atoms with Crippen molar-refractivity contribution in [1.82, 2.24) is 0 Å². The molecule has 0 spiro atoms. The maximum Gasteiger partial charge on any atom is 0.261 e. The molecule has 0 radical (unpaired) electrons. The molecule has 1 aliphatic rings. The third kappa shape index (κ3) is 0.337. The van der Waals surface area contributed by atoms with E-state index in [1.807, 2.05) is 0 Å². The first-order chi connectivity index (χ1) is 2.89. The number of nitroso groups, excluding NO2 is 1. The van der Waals surface area contributed by atoms with E-state index in [1.165, 1.54) is 12.4 Å². The van der Waals surface area contributed by atoms with E-state index in [-0.39, 0.29) is 0 Å². The lowest BCUT2D eigenvalue weighted by molar-refractivity contribution is -0.479. The van der Waals surface area contributed by atoms with Crippen LogP contribution in [0.3, 0.4) is 0 Å². The number of hydrogen-bond donors (Lipinski definition) is 0. The van der Waals surface area contributed by atoms with Crippen LogP contribution < -0.4 is 0 Å². The highest BCUT2D eigenvalue weighted by Crippen LogP contribution is 1.82. The molecule has 1 aliphatic heterocycles. The summed E-state index contributed by atoms with van der Waals surface area (Å²) < 4.78 is 0. The van der Waals surface area contributed by atoms with Crippen molar-refractivity contribution >= 4 is 6.21 Å². The maximum absolute atomic E-state index is 9.88. The van der Waals surface area contributed by atoms with Crippen LogP contribution >= 0.6 is 0 Å². The van der Waals surface area contributed by atoms with Gasteiger partial charge in [0, 0.05) is 11.2 Å². The third-order valence-corrected chi connectivity index (χ3v) is 0.480. The molecule has 3 heteroatoms. The predicted molar refractivity (Wildman–Crippen MR) is 21.3 cm³/mol. The summed E-state index contributed by atoms with van der Waals surface area (Å²) in [5, 5.41) is 3.28. The second kappa shape index (κ2) is 1.01. The van der Waals surface area contributed by atoms with Gasteiger partial charge in [-0.1, -0.05) is 0 Å². The summed E-state index contributed by atoms with van der Waals surface area (Å²) in [5.74, 6) is 0. The molecule has 0 bridgehead atoms. The van der Waals surface area contributed by atoms with E-state index in [9.17, 15) is 4.91 Å². The molecule has 0 unspecified atom stereocenters. The Morgan fingerprint density at radius 2 is 2.50 bits per heavy atom. The quantitative estimate of drug-likeness (QED) is 0.387. The maximum atomic E-state index is 9.88. The summed E-state index contributed by atoms with van der Waals surface area (Å²) in [6.45, 7) is 0. The summed E-state index contributed by atoms with van der Waals surface area (Å²) in [6, 6.07) is 0. The van der Waals surface area contributed by atoms with Gasteiger partial charge in [-0.3, -0.25) is 0 Å². The fourth-order valence-corrected chi connectivity index (χ4v) is 0.255. The predicted octanol–water partition coefficient (Wildman–Crippen LogP) is 0.278. The van der Waals surface area contributed by atoms with E-state index in [2.05, 4.69) is 5.10 Å². The van der Waals surface area contributed by atoms with Crippen LogP contribution in [0.25, 0.3) is 0 Å². The Kier molecular flexibility index (Phi) is 0.538. The van der Waals surface area contributed by atoms with Crippen LogP contribution in [0.4, 0.5) is 0 Å². The van der Waals surface area contributed by atoms with E-state index in [1.54, 1.807) is 6.08 Å². The van der Waals surface area contributed by atoms with Crippen molar-refractivity contribution in [3.8, 4) is 0 Å². The van der Waals surface area contributed by atoms with Crippen molar-refractivity contribution in [2.75, 3.05) is 0 Å². The minimum Gasteiger partial charge on any atom is 0.0348 e. The lowest BCUT2D eigenvalue weighted by atomic mass is 10.7. The zero-order chi connectivity index (χ0) is 4.41. The molecule has 0 aliphatic carbocycles. The molecule has 0 saturated carbocycles. The Hall–Kier alpha value is -0.990. The van der Waals surface area contributed by atoms with Gasteiger partial charge < -0.3 is 0 Å². The van der Waals surface area contributed by atoms with Crippen molar-refractivity contribution in [2.45, 2.75) is 0 Å². The van der Waals surface area contributed by atoms with Gasteiger partial charge in [-0.25, -0.2) is 0 Å². The van der Waals surface area contributed by atoms with Crippen molar-refractivity contribution < 1.29 is 4.87 Å². The molecule has 0 aromatic heterocycles. The summed E-state index contributed by atoms with van der Waals surface area (Å²) in [4.78, 5) is 10.4. The van der Waals surface area contributed by atoms with Crippen molar-refractivity contribution in [3.05, 3.63) is 17.2 Å². The number of nitrogens with zero attached hydrogens (tertiary/aromatic N) is 2. The first-order valence-corrected chi connectivity index (χ1v) is 1.57. The van der Waals surface area contributed by atoms with Gasteiger partial charge in [-0.2, -0.15) is 0 Å². The van der Waals surface area contributed by atoms with Crippen LogP contribution in [0, 0.1) is 4.91 Å². The fraction of sp³-hybridized carbons (Fsp3) is 0. The summed E-state index contributed by atoms with van der Waals surface area (Å²) in [5.41, 5.74) is 0. The summed E-state index contributed by atoms with van der Waals surface area (Å²) >= 11 is 0. The molecule has 0 amide bonds. The zero-order valence-corrected chi connectivity index (χ0v) is 3.03. The van der Waals surface area contributed by atoms with E-state index < -0.39 is 0 Å². The molecule has 0 saturated heterocycles. The van der Waals surface area contributed by atoms with E-state index in [4.69, 9.17) is 0 Å². The van der Waals surface area contributed by atoms with Gasteiger partial charge in [0.1, 0.15) is 6.21 Å². The Morgan fingerprint density at radius 1 is 1.67 bits per heavy atom. The third-order valence-electron chi connectivity index (χ3n) is 0.480. The van der Waals surface area contributed by atoms with E-state index in [0.717, 1.165) is 0 Å². The van der Waals surface area contributed by atoms with E-state index in [0.29, 0.717) is 4.87 Å². The van der Waals surface area contributed by atoms with Gasteiger partial charge >= 0.3 is 0 Å². The summed E-state index contributed by atoms with van der Waals surface area (Å²) in [7, 11) is 0. The summed E-state index contributed by atoms with van der Waals surface area (Å²) in [6.07, 6.45) is 4.35. The second-order valence-electron chi connectivity index (χ2n) is 0.909. The molecule has 0 aromatic carbocycles. The Bertz CT molecular complexity index is 111. The van der Waals surface area contributed by atoms with Gasteiger partial charge in [0.2, 0.25) is 0 Å². The second-order valence-corrected chi connectivity index (χ2v) is 0.909.